The Morgan fingerprint density at radius 3 is 2.40 bits per heavy atom. The van der Waals surface area contributed by atoms with Gasteiger partial charge in [-0.3, -0.25) is 4.79 Å². The fourth-order valence-corrected chi connectivity index (χ4v) is 2.06. The summed E-state index contributed by atoms with van der Waals surface area (Å²) in [5.41, 5.74) is 0. The van der Waals surface area contributed by atoms with Crippen molar-refractivity contribution in [3.05, 3.63) is 0 Å². The van der Waals surface area contributed by atoms with Crippen LogP contribution < -0.4 is 0 Å². The van der Waals surface area contributed by atoms with E-state index in [1.807, 2.05) is 0 Å². The number of ether oxygens (including phenoxy) is 1. The quantitative estimate of drug-likeness (QED) is 0.749. The first-order valence-electron chi connectivity index (χ1n) is 5.58. The third-order valence-corrected chi connectivity index (χ3v) is 2.91. The van der Waals surface area contributed by atoms with Crippen molar-refractivity contribution >= 4 is 5.91 Å². The van der Waals surface area contributed by atoms with Gasteiger partial charge in [-0.15, -0.1) is 0 Å². The number of rotatable bonds is 4. The van der Waals surface area contributed by atoms with Crippen LogP contribution in [0.4, 0.5) is 0 Å². The van der Waals surface area contributed by atoms with Crippen molar-refractivity contribution in [3.63, 3.8) is 0 Å². The van der Waals surface area contributed by atoms with Crippen LogP contribution in [0.3, 0.4) is 0 Å². The Morgan fingerprint density at radius 2 is 1.93 bits per heavy atom. The average molecular weight is 215 g/mol. The highest BCUT2D eigenvalue weighted by Crippen LogP contribution is 2.27. The molecule has 0 unspecified atom stereocenters. The van der Waals surface area contributed by atoms with E-state index in [1.165, 1.54) is 0 Å². The number of aliphatic hydroxyl groups is 1. The van der Waals surface area contributed by atoms with Gasteiger partial charge >= 0.3 is 0 Å². The molecule has 0 heterocycles. The summed E-state index contributed by atoms with van der Waals surface area (Å²) in [5.74, 6) is 0.407. The lowest BCUT2D eigenvalue weighted by atomic mass is 9.86. The summed E-state index contributed by atoms with van der Waals surface area (Å²) in [6, 6.07) is 0. The standard InChI is InChI=1S/C11H21NO3/c1-12(2)11(14)9-3-5-10(6-4-9)15-8-7-13/h9-10,13H,3-8H2,1-2H3. The fraction of sp³-hybridized carbons (Fsp3) is 0.909. The number of amides is 1. The van der Waals surface area contributed by atoms with Crippen molar-refractivity contribution in [2.45, 2.75) is 31.8 Å². The lowest BCUT2D eigenvalue weighted by Crippen LogP contribution is -2.34. The summed E-state index contributed by atoms with van der Waals surface area (Å²) in [5, 5.41) is 8.62. The molecular formula is C11H21NO3. The van der Waals surface area contributed by atoms with Crippen LogP contribution in [0.1, 0.15) is 25.7 Å². The molecule has 1 amide bonds. The molecule has 4 heteroatoms. The van der Waals surface area contributed by atoms with Crippen molar-refractivity contribution in [2.24, 2.45) is 5.92 Å². The number of aliphatic hydroxyl groups excluding tert-OH is 1. The zero-order valence-electron chi connectivity index (χ0n) is 9.61. The van der Waals surface area contributed by atoms with E-state index < -0.39 is 0 Å². The van der Waals surface area contributed by atoms with Crippen LogP contribution in [-0.4, -0.2) is 49.3 Å². The molecule has 0 spiro atoms. The first kappa shape index (κ1) is 12.5. The Labute approximate surface area is 91.2 Å². The highest BCUT2D eigenvalue weighted by atomic mass is 16.5. The number of carbonyl (C=O) groups excluding carboxylic acids is 1. The van der Waals surface area contributed by atoms with Crippen molar-refractivity contribution in [1.29, 1.82) is 0 Å². The van der Waals surface area contributed by atoms with Gasteiger partial charge in [0.15, 0.2) is 0 Å². The molecule has 1 saturated carbocycles. The average Bonchev–Trinajstić information content (AvgIpc) is 2.26. The highest BCUT2D eigenvalue weighted by Gasteiger charge is 2.27. The molecule has 0 saturated heterocycles. The van der Waals surface area contributed by atoms with Gasteiger partial charge in [0.05, 0.1) is 19.3 Å². The summed E-state index contributed by atoms with van der Waals surface area (Å²) in [6.45, 7) is 0.494. The molecule has 1 fully saturated rings. The topological polar surface area (TPSA) is 49.8 Å². The molecule has 1 aliphatic rings. The van der Waals surface area contributed by atoms with E-state index in [9.17, 15) is 4.79 Å². The second kappa shape index (κ2) is 6.08. The minimum Gasteiger partial charge on any atom is -0.394 e. The molecule has 0 radical (unpaired) electrons. The summed E-state index contributed by atoms with van der Waals surface area (Å²) in [7, 11) is 3.60. The molecule has 88 valence electrons. The van der Waals surface area contributed by atoms with Crippen LogP contribution in [-0.2, 0) is 9.53 Å². The van der Waals surface area contributed by atoms with Crippen LogP contribution >= 0.6 is 0 Å². The van der Waals surface area contributed by atoms with Crippen LogP contribution in [0.5, 0.6) is 0 Å². The Hall–Kier alpha value is -0.610. The minimum absolute atomic E-state index is 0.0799. The Balaban J connectivity index is 2.26. The van der Waals surface area contributed by atoms with E-state index in [0.717, 1.165) is 25.7 Å². The fourth-order valence-electron chi connectivity index (χ4n) is 2.06. The second-order valence-corrected chi connectivity index (χ2v) is 4.30. The molecule has 0 aromatic carbocycles. The van der Waals surface area contributed by atoms with Crippen molar-refractivity contribution in [2.75, 3.05) is 27.3 Å². The molecule has 0 atom stereocenters. The third kappa shape index (κ3) is 3.80. The largest absolute Gasteiger partial charge is 0.394 e. The number of hydrogen-bond donors (Lipinski definition) is 1. The van der Waals surface area contributed by atoms with E-state index in [4.69, 9.17) is 9.84 Å². The molecule has 4 nitrogen and oxygen atoms in total. The van der Waals surface area contributed by atoms with Gasteiger partial charge < -0.3 is 14.7 Å². The molecule has 0 bridgehead atoms. The van der Waals surface area contributed by atoms with Gasteiger partial charge in [-0.25, -0.2) is 0 Å². The van der Waals surface area contributed by atoms with Gasteiger partial charge in [-0.1, -0.05) is 0 Å². The van der Waals surface area contributed by atoms with Crippen LogP contribution in [0.2, 0.25) is 0 Å². The summed E-state index contributed by atoms with van der Waals surface area (Å²) >= 11 is 0. The Morgan fingerprint density at radius 1 is 1.33 bits per heavy atom. The van der Waals surface area contributed by atoms with Crippen LogP contribution in [0.25, 0.3) is 0 Å². The van der Waals surface area contributed by atoms with Crippen molar-refractivity contribution < 1.29 is 14.6 Å². The zero-order chi connectivity index (χ0) is 11.3. The smallest absolute Gasteiger partial charge is 0.225 e. The summed E-state index contributed by atoms with van der Waals surface area (Å²) < 4.78 is 5.45. The molecule has 0 aromatic rings. The second-order valence-electron chi connectivity index (χ2n) is 4.30. The van der Waals surface area contributed by atoms with Crippen molar-refractivity contribution in [1.82, 2.24) is 4.90 Å². The van der Waals surface area contributed by atoms with Gasteiger partial charge in [0.1, 0.15) is 0 Å². The van der Waals surface area contributed by atoms with Gasteiger partial charge in [0.2, 0.25) is 5.91 Å². The van der Waals surface area contributed by atoms with Crippen LogP contribution in [0.15, 0.2) is 0 Å². The van der Waals surface area contributed by atoms with Crippen LogP contribution in [0, 0.1) is 5.92 Å². The summed E-state index contributed by atoms with van der Waals surface area (Å²) in [6.07, 6.45) is 3.93. The lowest BCUT2D eigenvalue weighted by molar-refractivity contribution is -0.135. The van der Waals surface area contributed by atoms with E-state index in [0.29, 0.717) is 6.61 Å². The van der Waals surface area contributed by atoms with Gasteiger partial charge in [0.25, 0.3) is 0 Å². The number of nitrogens with zero attached hydrogens (tertiary/aromatic N) is 1. The number of hydrogen-bond acceptors (Lipinski definition) is 3. The van der Waals surface area contributed by atoms with E-state index in [2.05, 4.69) is 0 Å². The maximum Gasteiger partial charge on any atom is 0.225 e. The predicted octanol–water partition coefficient (Wildman–Crippen LogP) is 0.642. The monoisotopic (exact) mass is 215 g/mol. The maximum absolute atomic E-state index is 11.7. The molecular weight excluding hydrogens is 194 g/mol. The summed E-state index contributed by atoms with van der Waals surface area (Å²) in [4.78, 5) is 13.3. The molecule has 1 rings (SSSR count). The molecule has 0 aliphatic heterocycles. The molecule has 1 aliphatic carbocycles. The maximum atomic E-state index is 11.7. The zero-order valence-corrected chi connectivity index (χ0v) is 9.61. The molecule has 1 N–H and O–H groups in total. The minimum atomic E-state index is 0.0799. The third-order valence-electron chi connectivity index (χ3n) is 2.91. The molecule has 15 heavy (non-hydrogen) atoms. The highest BCUT2D eigenvalue weighted by molar-refractivity contribution is 5.78. The van der Waals surface area contributed by atoms with Gasteiger partial charge in [-0.05, 0) is 25.7 Å². The first-order chi connectivity index (χ1) is 7.15. The van der Waals surface area contributed by atoms with Crippen molar-refractivity contribution in [3.8, 4) is 0 Å². The van der Waals surface area contributed by atoms with E-state index in [1.54, 1.807) is 19.0 Å². The van der Waals surface area contributed by atoms with E-state index in [-0.39, 0.29) is 24.5 Å². The first-order valence-corrected chi connectivity index (χ1v) is 5.58. The number of carbonyl (C=O) groups is 1. The SMILES string of the molecule is CN(C)C(=O)C1CCC(OCCO)CC1. The predicted molar refractivity (Wildman–Crippen MR) is 57.5 cm³/mol. The Bertz CT molecular complexity index is 198. The lowest BCUT2D eigenvalue weighted by Gasteiger charge is -2.29. The normalized spacial score (nSPS) is 26.3. The Kier molecular flexibility index (Phi) is 5.05. The van der Waals surface area contributed by atoms with Gasteiger partial charge in [0, 0.05) is 20.0 Å². The molecule has 0 aromatic heterocycles. The van der Waals surface area contributed by atoms with E-state index >= 15 is 0 Å². The van der Waals surface area contributed by atoms with Gasteiger partial charge in [-0.2, -0.15) is 0 Å².